The summed E-state index contributed by atoms with van der Waals surface area (Å²) in [6.45, 7) is 0.545. The van der Waals surface area contributed by atoms with Gasteiger partial charge < -0.3 is 18.9 Å². The predicted octanol–water partition coefficient (Wildman–Crippen LogP) is 4.69. The monoisotopic (exact) mass is 595 g/mol. The van der Waals surface area contributed by atoms with Crippen molar-refractivity contribution in [2.45, 2.75) is 43.0 Å². The number of carbonyl (C=O) groups is 3. The van der Waals surface area contributed by atoms with Crippen LogP contribution < -0.4 is 0 Å². The van der Waals surface area contributed by atoms with E-state index in [4.69, 9.17) is 30.5 Å². The minimum absolute atomic E-state index is 0.0756. The molecule has 1 fully saturated rings. The standard InChI is InChI=1S/C31H30ClNO7S/c1-41-31-26(33-29(35)22-14-8-9-15-23(22)30(33)36)28(38-18-21-12-6-3-7-13-21)27(40-25(34)16-32)24(39-31)19-37-17-20-10-4-2-5-11-20/h2-15,24,26-28,31H,16-19H2,1H3/t24-,26+,27-,28-,31+/m1/s1. The summed E-state index contributed by atoms with van der Waals surface area (Å²) >= 11 is 7.18. The summed E-state index contributed by atoms with van der Waals surface area (Å²) in [5.74, 6) is -1.96. The van der Waals surface area contributed by atoms with Crippen molar-refractivity contribution in [1.82, 2.24) is 4.90 Å². The summed E-state index contributed by atoms with van der Waals surface area (Å²) in [5.41, 5.74) is 1.78. The zero-order valence-corrected chi connectivity index (χ0v) is 24.0. The van der Waals surface area contributed by atoms with Crippen LogP contribution in [0.2, 0.25) is 0 Å². The zero-order chi connectivity index (χ0) is 28.8. The van der Waals surface area contributed by atoms with Crippen molar-refractivity contribution in [3.63, 3.8) is 0 Å². The number of thioether (sulfide) groups is 1. The van der Waals surface area contributed by atoms with E-state index in [0.717, 1.165) is 11.1 Å². The van der Waals surface area contributed by atoms with Gasteiger partial charge >= 0.3 is 5.97 Å². The molecule has 214 valence electrons. The van der Waals surface area contributed by atoms with Crippen LogP contribution in [-0.4, -0.2) is 71.2 Å². The van der Waals surface area contributed by atoms with Gasteiger partial charge in [0.05, 0.1) is 30.9 Å². The summed E-state index contributed by atoms with van der Waals surface area (Å²) < 4.78 is 24.7. The van der Waals surface area contributed by atoms with E-state index in [9.17, 15) is 14.4 Å². The molecule has 0 saturated carbocycles. The Morgan fingerprint density at radius 2 is 1.41 bits per heavy atom. The molecule has 2 aliphatic heterocycles. The minimum atomic E-state index is -1.02. The van der Waals surface area contributed by atoms with E-state index in [1.807, 2.05) is 66.9 Å². The molecule has 0 bridgehead atoms. The second kappa shape index (κ2) is 13.6. The largest absolute Gasteiger partial charge is 0.456 e. The van der Waals surface area contributed by atoms with Crippen molar-refractivity contribution >= 4 is 41.1 Å². The van der Waals surface area contributed by atoms with Gasteiger partial charge in [-0.05, 0) is 29.5 Å². The van der Waals surface area contributed by atoms with Gasteiger partial charge in [-0.2, -0.15) is 0 Å². The molecule has 5 rings (SSSR count). The maximum atomic E-state index is 13.6. The Kier molecular flexibility index (Phi) is 9.74. The highest BCUT2D eigenvalue weighted by Gasteiger charge is 2.55. The van der Waals surface area contributed by atoms with E-state index in [1.54, 1.807) is 24.3 Å². The number of hydrogen-bond donors (Lipinski definition) is 0. The third-order valence-electron chi connectivity index (χ3n) is 7.03. The van der Waals surface area contributed by atoms with E-state index in [1.165, 1.54) is 16.7 Å². The summed E-state index contributed by atoms with van der Waals surface area (Å²) in [6.07, 6.45) is -0.869. The first-order valence-electron chi connectivity index (χ1n) is 13.2. The number of hydrogen-bond acceptors (Lipinski definition) is 8. The predicted molar refractivity (Wildman–Crippen MR) is 155 cm³/mol. The molecule has 41 heavy (non-hydrogen) atoms. The van der Waals surface area contributed by atoms with Gasteiger partial charge in [0.15, 0.2) is 6.10 Å². The Hall–Kier alpha value is -3.21. The van der Waals surface area contributed by atoms with Gasteiger partial charge in [-0.3, -0.25) is 19.3 Å². The van der Waals surface area contributed by atoms with Crippen LogP contribution in [-0.2, 0) is 37.0 Å². The van der Waals surface area contributed by atoms with E-state index >= 15 is 0 Å². The maximum Gasteiger partial charge on any atom is 0.321 e. The SMILES string of the molecule is CS[C@@H]1O[C@H](COCc2ccccc2)[C@@H](OC(=O)CCl)[C@H](OCc2ccccc2)[C@@H]1N1C(=O)c2ccccc2C1=O. The molecule has 5 atom stereocenters. The fourth-order valence-corrected chi connectivity index (χ4v) is 5.99. The molecule has 2 amide bonds. The van der Waals surface area contributed by atoms with Crippen LogP contribution in [0, 0.1) is 0 Å². The molecule has 0 N–H and O–H groups in total. The summed E-state index contributed by atoms with van der Waals surface area (Å²) in [7, 11) is 0. The fraction of sp³-hybridized carbons (Fsp3) is 0.323. The van der Waals surface area contributed by atoms with Gasteiger partial charge in [0, 0.05) is 0 Å². The normalized spacial score (nSPS) is 23.9. The van der Waals surface area contributed by atoms with Crippen LogP contribution >= 0.6 is 23.4 Å². The molecule has 0 unspecified atom stereocenters. The third-order valence-corrected chi connectivity index (χ3v) is 8.10. The molecular formula is C31H30ClNO7S. The molecule has 3 aromatic rings. The highest BCUT2D eigenvalue weighted by molar-refractivity contribution is 7.99. The van der Waals surface area contributed by atoms with E-state index in [0.29, 0.717) is 17.7 Å². The Morgan fingerprint density at radius 3 is 1.98 bits per heavy atom. The number of ether oxygens (including phenoxy) is 4. The van der Waals surface area contributed by atoms with Crippen LogP contribution in [0.3, 0.4) is 0 Å². The van der Waals surface area contributed by atoms with Crippen LogP contribution in [0.15, 0.2) is 84.9 Å². The number of esters is 1. The average Bonchev–Trinajstić information content (AvgIpc) is 3.26. The summed E-state index contributed by atoms with van der Waals surface area (Å²) in [4.78, 5) is 41.0. The summed E-state index contributed by atoms with van der Waals surface area (Å²) in [5, 5.41) is 0. The Morgan fingerprint density at radius 1 is 0.854 bits per heavy atom. The van der Waals surface area contributed by atoms with Crippen molar-refractivity contribution in [1.29, 1.82) is 0 Å². The maximum absolute atomic E-state index is 13.6. The van der Waals surface area contributed by atoms with Gasteiger partial charge in [0.25, 0.3) is 11.8 Å². The first-order chi connectivity index (χ1) is 20.0. The van der Waals surface area contributed by atoms with Crippen LogP contribution in [0.25, 0.3) is 0 Å². The first-order valence-corrected chi connectivity index (χ1v) is 15.0. The average molecular weight is 596 g/mol. The number of amides is 2. The second-order valence-electron chi connectivity index (χ2n) is 9.65. The van der Waals surface area contributed by atoms with Gasteiger partial charge in [0.1, 0.15) is 29.6 Å². The number of imide groups is 1. The van der Waals surface area contributed by atoms with Crippen LogP contribution in [0.4, 0.5) is 0 Å². The number of carbonyl (C=O) groups excluding carboxylic acids is 3. The van der Waals surface area contributed by atoms with Crippen LogP contribution in [0.1, 0.15) is 31.8 Å². The quantitative estimate of drug-likeness (QED) is 0.179. The Bertz CT molecular complexity index is 1320. The molecule has 0 radical (unpaired) electrons. The topological polar surface area (TPSA) is 91.4 Å². The Balaban J connectivity index is 1.48. The molecule has 0 spiro atoms. The molecule has 3 aromatic carbocycles. The molecular weight excluding hydrogens is 566 g/mol. The van der Waals surface area contributed by atoms with Crippen molar-refractivity contribution < 1.29 is 33.3 Å². The molecule has 10 heteroatoms. The van der Waals surface area contributed by atoms with Gasteiger partial charge in [-0.25, -0.2) is 0 Å². The molecule has 1 saturated heterocycles. The Labute approximate surface area is 247 Å². The number of halogens is 1. The molecule has 2 aliphatic rings. The van der Waals surface area contributed by atoms with Crippen molar-refractivity contribution in [3.05, 3.63) is 107 Å². The molecule has 2 heterocycles. The number of benzene rings is 3. The van der Waals surface area contributed by atoms with Gasteiger partial charge in [-0.15, -0.1) is 23.4 Å². The van der Waals surface area contributed by atoms with Crippen molar-refractivity contribution in [2.24, 2.45) is 0 Å². The summed E-state index contributed by atoms with van der Waals surface area (Å²) in [6, 6.07) is 24.9. The fourth-order valence-electron chi connectivity index (χ4n) is 5.12. The van der Waals surface area contributed by atoms with Crippen LogP contribution in [0.5, 0.6) is 0 Å². The van der Waals surface area contributed by atoms with Crippen molar-refractivity contribution in [2.75, 3.05) is 18.7 Å². The third kappa shape index (κ3) is 6.50. The number of rotatable bonds is 11. The van der Waals surface area contributed by atoms with Crippen molar-refractivity contribution in [3.8, 4) is 0 Å². The highest BCUT2D eigenvalue weighted by Crippen LogP contribution is 2.38. The zero-order valence-electron chi connectivity index (χ0n) is 22.4. The molecule has 0 aromatic heterocycles. The highest BCUT2D eigenvalue weighted by atomic mass is 35.5. The first kappa shape index (κ1) is 29.3. The lowest BCUT2D eigenvalue weighted by Crippen LogP contribution is -2.66. The number of alkyl halides is 1. The smallest absolute Gasteiger partial charge is 0.321 e. The van der Waals surface area contributed by atoms with E-state index < -0.39 is 47.6 Å². The lowest BCUT2D eigenvalue weighted by molar-refractivity contribution is -0.219. The number of fused-ring (bicyclic) bond motifs is 1. The number of nitrogens with zero attached hydrogens (tertiary/aromatic N) is 1. The molecule has 8 nitrogen and oxygen atoms in total. The van der Waals surface area contributed by atoms with Gasteiger partial charge in [-0.1, -0.05) is 72.8 Å². The van der Waals surface area contributed by atoms with Gasteiger partial charge in [0.2, 0.25) is 0 Å². The second-order valence-corrected chi connectivity index (χ2v) is 10.8. The molecule has 0 aliphatic carbocycles. The lowest BCUT2D eigenvalue weighted by atomic mass is 9.95. The lowest BCUT2D eigenvalue weighted by Gasteiger charge is -2.47. The minimum Gasteiger partial charge on any atom is -0.456 e. The van der Waals surface area contributed by atoms with E-state index in [-0.39, 0.29) is 19.1 Å². The van der Waals surface area contributed by atoms with E-state index in [2.05, 4.69) is 0 Å².